The van der Waals surface area contributed by atoms with E-state index in [1.54, 1.807) is 21.7 Å². The molecule has 1 saturated heterocycles. The maximum absolute atomic E-state index is 13.7. The highest BCUT2D eigenvalue weighted by atomic mass is 35.5. The molecule has 0 saturated carbocycles. The van der Waals surface area contributed by atoms with Crippen LogP contribution in [0.1, 0.15) is 18.9 Å². The average molecular weight is 547 g/mol. The zero-order valence-corrected chi connectivity index (χ0v) is 22.6. The fourth-order valence-corrected chi connectivity index (χ4v) is 4.89. The van der Waals surface area contributed by atoms with E-state index in [0.29, 0.717) is 35.9 Å². The van der Waals surface area contributed by atoms with E-state index in [9.17, 15) is 9.59 Å². The molecule has 0 radical (unpaired) electrons. The lowest BCUT2D eigenvalue weighted by Gasteiger charge is -2.31. The molecule has 0 spiro atoms. The number of nitrogens with one attached hydrogen (secondary N) is 1. The number of fused-ring (bicyclic) bond motifs is 1. The van der Waals surface area contributed by atoms with Gasteiger partial charge in [0.05, 0.1) is 18.7 Å². The van der Waals surface area contributed by atoms with E-state index in [2.05, 4.69) is 20.5 Å². The summed E-state index contributed by atoms with van der Waals surface area (Å²) in [4.78, 5) is 31.1. The predicted molar refractivity (Wildman–Crippen MR) is 152 cm³/mol. The molecule has 0 bridgehead atoms. The third-order valence-corrected chi connectivity index (χ3v) is 7.12. The number of benzene rings is 3. The van der Waals surface area contributed by atoms with Crippen LogP contribution in [-0.2, 0) is 27.4 Å². The Hall–Kier alpha value is -3.95. The third kappa shape index (κ3) is 6.38. The van der Waals surface area contributed by atoms with Gasteiger partial charge in [-0.05, 0) is 60.5 Å². The summed E-state index contributed by atoms with van der Waals surface area (Å²) < 4.78 is 7.00. The van der Waals surface area contributed by atoms with E-state index >= 15 is 0 Å². The number of ether oxygens (including phenoxy) is 1. The lowest BCUT2D eigenvalue weighted by atomic mass is 10.1. The molecular formula is C29H31ClN6O3. The summed E-state index contributed by atoms with van der Waals surface area (Å²) in [6.07, 6.45) is 0.440. The first-order valence-electron chi connectivity index (χ1n) is 13.1. The van der Waals surface area contributed by atoms with Crippen molar-refractivity contribution in [3.63, 3.8) is 0 Å². The van der Waals surface area contributed by atoms with E-state index in [-0.39, 0.29) is 24.9 Å². The fraction of sp³-hybridized carbons (Fsp3) is 0.310. The summed E-state index contributed by atoms with van der Waals surface area (Å²) in [6, 6.07) is 21.8. The van der Waals surface area contributed by atoms with Crippen molar-refractivity contribution in [2.24, 2.45) is 0 Å². The molecule has 39 heavy (non-hydrogen) atoms. The van der Waals surface area contributed by atoms with Crippen LogP contribution in [0.3, 0.4) is 0 Å². The number of aromatic nitrogens is 3. The maximum atomic E-state index is 13.7. The molecule has 2 heterocycles. The summed E-state index contributed by atoms with van der Waals surface area (Å²) in [6.45, 7) is 5.21. The van der Waals surface area contributed by atoms with Gasteiger partial charge in [-0.25, -0.2) is 4.68 Å². The first-order chi connectivity index (χ1) is 19.0. The quantitative estimate of drug-likeness (QED) is 0.335. The monoisotopic (exact) mass is 546 g/mol. The number of morpholine rings is 1. The largest absolute Gasteiger partial charge is 0.378 e. The molecule has 0 unspecified atom stereocenters. The number of nitrogens with zero attached hydrogens (tertiary/aromatic N) is 5. The number of para-hydroxylation sites is 1. The molecule has 2 amide bonds. The zero-order valence-electron chi connectivity index (χ0n) is 21.8. The molecule has 5 rings (SSSR count). The molecule has 1 atom stereocenters. The Labute approximate surface area is 232 Å². The molecule has 4 aromatic rings. The first-order valence-corrected chi connectivity index (χ1v) is 13.5. The van der Waals surface area contributed by atoms with Gasteiger partial charge in [0.2, 0.25) is 11.8 Å². The van der Waals surface area contributed by atoms with Gasteiger partial charge in [0.25, 0.3) is 0 Å². The Morgan fingerprint density at radius 3 is 2.46 bits per heavy atom. The van der Waals surface area contributed by atoms with Gasteiger partial charge in [0, 0.05) is 36.0 Å². The van der Waals surface area contributed by atoms with E-state index < -0.39 is 6.04 Å². The molecule has 3 aromatic carbocycles. The van der Waals surface area contributed by atoms with Gasteiger partial charge in [-0.1, -0.05) is 48.0 Å². The summed E-state index contributed by atoms with van der Waals surface area (Å²) in [5, 5.41) is 11.9. The molecule has 10 heteroatoms. The Morgan fingerprint density at radius 2 is 1.74 bits per heavy atom. The SMILES string of the molecule is CC[C@H](C(=O)Nc1ccc(N2CCOCC2)cc1)N(Cc1ccc(Cl)cc1)C(=O)Cn1nnc2ccccc21. The van der Waals surface area contributed by atoms with Crippen molar-refractivity contribution in [3.8, 4) is 0 Å². The molecule has 1 aliphatic rings. The number of hydrogen-bond donors (Lipinski definition) is 1. The Kier molecular flexibility index (Phi) is 8.39. The molecule has 1 N–H and O–H groups in total. The van der Waals surface area contributed by atoms with Crippen molar-refractivity contribution in [2.75, 3.05) is 36.5 Å². The average Bonchev–Trinajstić information content (AvgIpc) is 3.37. The smallest absolute Gasteiger partial charge is 0.247 e. The first kappa shape index (κ1) is 26.6. The number of hydrogen-bond acceptors (Lipinski definition) is 6. The lowest BCUT2D eigenvalue weighted by Crippen LogP contribution is -2.47. The van der Waals surface area contributed by atoms with Gasteiger partial charge < -0.3 is 19.9 Å². The standard InChI is InChI=1S/C29H31ClN6O3/c1-2-26(29(38)31-23-11-13-24(14-12-23)34-15-17-39-18-16-34)35(19-21-7-9-22(30)10-8-21)28(37)20-36-27-6-4-3-5-25(27)32-33-36/h3-14,26H,2,15-20H2,1H3,(H,31,38)/t26-/m1/s1. The molecular weight excluding hydrogens is 516 g/mol. The van der Waals surface area contributed by atoms with Gasteiger partial charge in [0.15, 0.2) is 0 Å². The number of anilines is 2. The second-order valence-electron chi connectivity index (χ2n) is 9.44. The number of carbonyl (C=O) groups excluding carboxylic acids is 2. The highest BCUT2D eigenvalue weighted by Crippen LogP contribution is 2.21. The molecule has 202 valence electrons. The van der Waals surface area contributed by atoms with Crippen LogP contribution in [0.25, 0.3) is 11.0 Å². The van der Waals surface area contributed by atoms with Crippen molar-refractivity contribution < 1.29 is 14.3 Å². The third-order valence-electron chi connectivity index (χ3n) is 6.87. The summed E-state index contributed by atoms with van der Waals surface area (Å²) in [7, 11) is 0. The van der Waals surface area contributed by atoms with E-state index in [0.717, 1.165) is 29.9 Å². The summed E-state index contributed by atoms with van der Waals surface area (Å²) in [5.41, 5.74) is 4.10. The molecule has 1 fully saturated rings. The zero-order chi connectivity index (χ0) is 27.2. The van der Waals surface area contributed by atoms with Crippen LogP contribution in [-0.4, -0.2) is 64.1 Å². The maximum Gasteiger partial charge on any atom is 0.247 e. The highest BCUT2D eigenvalue weighted by Gasteiger charge is 2.29. The van der Waals surface area contributed by atoms with Crippen molar-refractivity contribution in [1.82, 2.24) is 19.9 Å². The normalized spacial score (nSPS) is 14.3. The molecule has 9 nitrogen and oxygen atoms in total. The van der Waals surface area contributed by atoms with Crippen LogP contribution in [0.15, 0.2) is 72.8 Å². The van der Waals surface area contributed by atoms with Crippen molar-refractivity contribution >= 4 is 45.8 Å². The topological polar surface area (TPSA) is 92.6 Å². The van der Waals surface area contributed by atoms with Crippen molar-refractivity contribution in [1.29, 1.82) is 0 Å². The van der Waals surface area contributed by atoms with Crippen LogP contribution < -0.4 is 10.2 Å². The molecule has 1 aromatic heterocycles. The number of carbonyl (C=O) groups is 2. The van der Waals surface area contributed by atoms with Gasteiger partial charge in [-0.3, -0.25) is 9.59 Å². The van der Waals surface area contributed by atoms with Gasteiger partial charge >= 0.3 is 0 Å². The fourth-order valence-electron chi connectivity index (χ4n) is 4.76. The highest BCUT2D eigenvalue weighted by molar-refractivity contribution is 6.30. The summed E-state index contributed by atoms with van der Waals surface area (Å²) >= 11 is 6.08. The molecule has 0 aliphatic carbocycles. The number of amides is 2. The van der Waals surface area contributed by atoms with Gasteiger partial charge in [0.1, 0.15) is 18.1 Å². The second kappa shape index (κ2) is 12.3. The second-order valence-corrected chi connectivity index (χ2v) is 9.88. The summed E-state index contributed by atoms with van der Waals surface area (Å²) in [5.74, 6) is -0.479. The predicted octanol–water partition coefficient (Wildman–Crippen LogP) is 4.37. The Balaban J connectivity index is 1.35. The van der Waals surface area contributed by atoms with Crippen LogP contribution in [0.4, 0.5) is 11.4 Å². The van der Waals surface area contributed by atoms with Gasteiger partial charge in [-0.2, -0.15) is 0 Å². The van der Waals surface area contributed by atoms with Crippen molar-refractivity contribution in [3.05, 3.63) is 83.4 Å². The van der Waals surface area contributed by atoms with Crippen LogP contribution in [0.5, 0.6) is 0 Å². The van der Waals surface area contributed by atoms with Crippen LogP contribution in [0, 0.1) is 0 Å². The van der Waals surface area contributed by atoms with Crippen LogP contribution >= 0.6 is 11.6 Å². The lowest BCUT2D eigenvalue weighted by molar-refractivity contribution is -0.140. The number of rotatable bonds is 9. The minimum atomic E-state index is -0.693. The molecule has 1 aliphatic heterocycles. The van der Waals surface area contributed by atoms with E-state index in [4.69, 9.17) is 16.3 Å². The minimum Gasteiger partial charge on any atom is -0.378 e. The Bertz CT molecular complexity index is 1420. The Morgan fingerprint density at radius 1 is 1.03 bits per heavy atom. The number of halogens is 1. The van der Waals surface area contributed by atoms with E-state index in [1.807, 2.05) is 67.6 Å². The van der Waals surface area contributed by atoms with E-state index in [1.165, 1.54) is 0 Å². The minimum absolute atomic E-state index is 0.0356. The van der Waals surface area contributed by atoms with Gasteiger partial charge in [-0.15, -0.1) is 5.10 Å². The van der Waals surface area contributed by atoms with Crippen LogP contribution in [0.2, 0.25) is 5.02 Å². The van der Waals surface area contributed by atoms with Crippen molar-refractivity contribution in [2.45, 2.75) is 32.5 Å².